The van der Waals surface area contributed by atoms with Gasteiger partial charge in [-0.05, 0) is 55.3 Å². The summed E-state index contributed by atoms with van der Waals surface area (Å²) >= 11 is 3.47. The van der Waals surface area contributed by atoms with E-state index in [1.165, 1.54) is 5.56 Å². The Morgan fingerprint density at radius 1 is 1.19 bits per heavy atom. The maximum absolute atomic E-state index is 5.97. The minimum absolute atomic E-state index is 0.660. The molecule has 0 amide bonds. The molecule has 3 nitrogen and oxygen atoms in total. The number of aryl methyl sites for hydroxylation is 2. The molecule has 0 atom stereocenters. The topological polar surface area (TPSA) is 34.2 Å². The predicted molar refractivity (Wildman–Crippen MR) is 89.9 cm³/mol. The number of pyridine rings is 1. The molecule has 0 aliphatic heterocycles. The number of nitrogens with zero attached hydrogens (tertiary/aromatic N) is 1. The average molecular weight is 349 g/mol. The Morgan fingerprint density at radius 2 is 2.00 bits per heavy atom. The minimum Gasteiger partial charge on any atom is -0.439 e. The molecule has 0 bridgehead atoms. The number of ether oxygens (including phenoxy) is 1. The van der Waals surface area contributed by atoms with Crippen LogP contribution in [0.1, 0.15) is 30.7 Å². The Hall–Kier alpha value is -1.39. The molecule has 0 saturated carbocycles. The van der Waals surface area contributed by atoms with Crippen molar-refractivity contribution < 1.29 is 4.74 Å². The molecule has 0 aliphatic carbocycles. The van der Waals surface area contributed by atoms with Gasteiger partial charge in [-0.3, -0.25) is 0 Å². The lowest BCUT2D eigenvalue weighted by atomic mass is 10.2. The number of hydrogen-bond donors (Lipinski definition) is 1. The molecule has 2 aromatic rings. The molecular formula is C17H21BrN2O. The number of aromatic nitrogens is 1. The highest BCUT2D eigenvalue weighted by molar-refractivity contribution is 9.10. The summed E-state index contributed by atoms with van der Waals surface area (Å²) in [5, 5.41) is 3.34. The molecule has 1 aromatic heterocycles. The predicted octanol–water partition coefficient (Wildman–Crippen LogP) is 4.62. The van der Waals surface area contributed by atoms with Gasteiger partial charge < -0.3 is 10.1 Å². The summed E-state index contributed by atoms with van der Waals surface area (Å²) in [5.74, 6) is 1.50. The highest BCUT2D eigenvalue weighted by Gasteiger charge is 2.06. The van der Waals surface area contributed by atoms with E-state index in [1.54, 1.807) is 0 Å². The molecule has 1 aromatic carbocycles. The van der Waals surface area contributed by atoms with E-state index in [2.05, 4.69) is 46.1 Å². The van der Waals surface area contributed by atoms with Crippen LogP contribution in [0.25, 0.3) is 0 Å². The first-order valence-electron chi connectivity index (χ1n) is 7.27. The molecule has 112 valence electrons. The van der Waals surface area contributed by atoms with E-state index in [4.69, 9.17) is 4.74 Å². The molecule has 1 heterocycles. The molecule has 0 fully saturated rings. The van der Waals surface area contributed by atoms with Gasteiger partial charge in [-0.2, -0.15) is 0 Å². The fraction of sp³-hybridized carbons (Fsp3) is 0.353. The third kappa shape index (κ3) is 4.55. The van der Waals surface area contributed by atoms with Crippen molar-refractivity contribution in [2.24, 2.45) is 0 Å². The number of nitrogens with one attached hydrogen (secondary N) is 1. The second-order valence-corrected chi connectivity index (χ2v) is 5.87. The van der Waals surface area contributed by atoms with E-state index in [1.807, 2.05) is 31.2 Å². The lowest BCUT2D eigenvalue weighted by molar-refractivity contribution is 0.456. The van der Waals surface area contributed by atoms with Crippen LogP contribution in [0.2, 0.25) is 0 Å². The Balaban J connectivity index is 2.25. The Labute approximate surface area is 134 Å². The van der Waals surface area contributed by atoms with Crippen molar-refractivity contribution in [1.82, 2.24) is 10.3 Å². The SMILES string of the molecule is CCNCc1cc(CC)nc(Oc2ccc(Br)cc2C)c1. The van der Waals surface area contributed by atoms with E-state index >= 15 is 0 Å². The zero-order valence-electron chi connectivity index (χ0n) is 12.7. The van der Waals surface area contributed by atoms with E-state index < -0.39 is 0 Å². The first-order valence-corrected chi connectivity index (χ1v) is 8.06. The average Bonchev–Trinajstić information content (AvgIpc) is 2.48. The minimum atomic E-state index is 0.660. The first kappa shape index (κ1) is 16.0. The molecular weight excluding hydrogens is 328 g/mol. The molecule has 0 radical (unpaired) electrons. The Kier molecular flexibility index (Phi) is 5.76. The van der Waals surface area contributed by atoms with Crippen LogP contribution >= 0.6 is 15.9 Å². The van der Waals surface area contributed by atoms with Gasteiger partial charge >= 0.3 is 0 Å². The summed E-state index contributed by atoms with van der Waals surface area (Å²) in [4.78, 5) is 4.56. The van der Waals surface area contributed by atoms with Crippen LogP contribution in [0.4, 0.5) is 0 Å². The van der Waals surface area contributed by atoms with Crippen molar-refractivity contribution in [3.05, 3.63) is 51.6 Å². The van der Waals surface area contributed by atoms with Crippen molar-refractivity contribution in [2.75, 3.05) is 6.54 Å². The fourth-order valence-electron chi connectivity index (χ4n) is 2.07. The molecule has 0 saturated heterocycles. The highest BCUT2D eigenvalue weighted by Crippen LogP contribution is 2.27. The zero-order valence-corrected chi connectivity index (χ0v) is 14.3. The second kappa shape index (κ2) is 7.57. The van der Waals surface area contributed by atoms with Gasteiger partial charge in [-0.15, -0.1) is 0 Å². The fourth-order valence-corrected chi connectivity index (χ4v) is 2.54. The van der Waals surface area contributed by atoms with Gasteiger partial charge in [0.15, 0.2) is 0 Å². The van der Waals surface area contributed by atoms with E-state index in [0.717, 1.165) is 41.0 Å². The van der Waals surface area contributed by atoms with Crippen molar-refractivity contribution in [3.8, 4) is 11.6 Å². The van der Waals surface area contributed by atoms with Gasteiger partial charge in [0.2, 0.25) is 5.88 Å². The summed E-state index contributed by atoms with van der Waals surface area (Å²) in [6.45, 7) is 8.02. The molecule has 0 spiro atoms. The summed E-state index contributed by atoms with van der Waals surface area (Å²) in [6.07, 6.45) is 0.898. The normalized spacial score (nSPS) is 10.7. The van der Waals surface area contributed by atoms with E-state index in [9.17, 15) is 0 Å². The quantitative estimate of drug-likeness (QED) is 0.827. The Morgan fingerprint density at radius 3 is 2.67 bits per heavy atom. The van der Waals surface area contributed by atoms with Gasteiger partial charge in [-0.25, -0.2) is 4.98 Å². The second-order valence-electron chi connectivity index (χ2n) is 4.95. The number of hydrogen-bond acceptors (Lipinski definition) is 3. The largest absolute Gasteiger partial charge is 0.439 e. The van der Waals surface area contributed by atoms with Gasteiger partial charge in [0.25, 0.3) is 0 Å². The molecule has 21 heavy (non-hydrogen) atoms. The summed E-state index contributed by atoms with van der Waals surface area (Å²) in [7, 11) is 0. The maximum Gasteiger partial charge on any atom is 0.219 e. The summed E-state index contributed by atoms with van der Waals surface area (Å²) < 4.78 is 7.02. The third-order valence-electron chi connectivity index (χ3n) is 3.21. The molecule has 0 unspecified atom stereocenters. The first-order chi connectivity index (χ1) is 10.1. The number of halogens is 1. The van der Waals surface area contributed by atoms with Crippen LogP contribution in [-0.2, 0) is 13.0 Å². The molecule has 4 heteroatoms. The molecule has 1 N–H and O–H groups in total. The lowest BCUT2D eigenvalue weighted by Gasteiger charge is -2.11. The number of benzene rings is 1. The highest BCUT2D eigenvalue weighted by atomic mass is 79.9. The zero-order chi connectivity index (χ0) is 15.2. The van der Waals surface area contributed by atoms with Crippen LogP contribution in [0.15, 0.2) is 34.8 Å². The maximum atomic E-state index is 5.97. The summed E-state index contributed by atoms with van der Waals surface area (Å²) in [6, 6.07) is 10.1. The van der Waals surface area contributed by atoms with Crippen molar-refractivity contribution in [3.63, 3.8) is 0 Å². The van der Waals surface area contributed by atoms with Gasteiger partial charge in [0, 0.05) is 22.8 Å². The van der Waals surface area contributed by atoms with Gasteiger partial charge in [0.1, 0.15) is 5.75 Å². The lowest BCUT2D eigenvalue weighted by Crippen LogP contribution is -2.12. The smallest absolute Gasteiger partial charge is 0.219 e. The van der Waals surface area contributed by atoms with Crippen molar-refractivity contribution in [1.29, 1.82) is 0 Å². The Bertz CT molecular complexity index is 614. The van der Waals surface area contributed by atoms with Crippen molar-refractivity contribution in [2.45, 2.75) is 33.7 Å². The number of rotatable bonds is 6. The molecule has 0 aliphatic rings. The van der Waals surface area contributed by atoms with Crippen molar-refractivity contribution >= 4 is 15.9 Å². The van der Waals surface area contributed by atoms with Crippen LogP contribution < -0.4 is 10.1 Å². The van der Waals surface area contributed by atoms with Gasteiger partial charge in [0.05, 0.1) is 0 Å². The summed E-state index contributed by atoms with van der Waals surface area (Å²) in [5.41, 5.74) is 3.34. The third-order valence-corrected chi connectivity index (χ3v) is 3.70. The van der Waals surface area contributed by atoms with E-state index in [0.29, 0.717) is 5.88 Å². The van der Waals surface area contributed by atoms with Crippen LogP contribution in [0.5, 0.6) is 11.6 Å². The molecule has 2 rings (SSSR count). The van der Waals surface area contributed by atoms with Crippen LogP contribution in [0, 0.1) is 6.92 Å². The van der Waals surface area contributed by atoms with Crippen LogP contribution in [0.3, 0.4) is 0 Å². The van der Waals surface area contributed by atoms with Gasteiger partial charge in [-0.1, -0.05) is 29.8 Å². The standard InChI is InChI=1S/C17H21BrN2O/c1-4-15-9-13(11-19-5-2)10-17(20-15)21-16-7-6-14(18)8-12(16)3/h6-10,19H,4-5,11H2,1-3H3. The van der Waals surface area contributed by atoms with E-state index in [-0.39, 0.29) is 0 Å². The monoisotopic (exact) mass is 348 g/mol. The van der Waals surface area contributed by atoms with Crippen LogP contribution in [-0.4, -0.2) is 11.5 Å².